The summed E-state index contributed by atoms with van der Waals surface area (Å²) in [4.78, 5) is 11.6. The van der Waals surface area contributed by atoms with E-state index in [1.807, 2.05) is 20.8 Å². The summed E-state index contributed by atoms with van der Waals surface area (Å²) in [5.74, 6) is 0.499. The number of nitrogens with one attached hydrogen (secondary N) is 1. The van der Waals surface area contributed by atoms with Crippen molar-refractivity contribution in [2.45, 2.75) is 46.6 Å². The van der Waals surface area contributed by atoms with E-state index in [2.05, 4.69) is 12.2 Å². The fraction of sp³-hybridized carbons (Fsp3) is 0.900. The number of carbonyl (C=O) groups excluding carboxylic acids is 1. The van der Waals surface area contributed by atoms with Crippen LogP contribution in [0.5, 0.6) is 0 Å². The van der Waals surface area contributed by atoms with Crippen molar-refractivity contribution in [1.29, 1.82) is 0 Å². The van der Waals surface area contributed by atoms with Crippen molar-refractivity contribution in [3.8, 4) is 0 Å². The summed E-state index contributed by atoms with van der Waals surface area (Å²) in [6.07, 6.45) is 2.03. The average Bonchev–Trinajstić information content (AvgIpc) is 2.03. The van der Waals surface area contributed by atoms with E-state index < -0.39 is 0 Å². The summed E-state index contributed by atoms with van der Waals surface area (Å²) in [6.45, 7) is 8.95. The summed E-state index contributed by atoms with van der Waals surface area (Å²) >= 11 is 0. The lowest BCUT2D eigenvalue weighted by molar-refractivity contribution is -0.124. The molecule has 12 heavy (non-hydrogen) atoms. The normalized spacial score (nSPS) is 13.4. The van der Waals surface area contributed by atoms with Crippen LogP contribution in [0.15, 0.2) is 0 Å². The van der Waals surface area contributed by atoms with Gasteiger partial charge in [0.2, 0.25) is 0 Å². The number of hydrogen-bond donors (Lipinski definition) is 1. The molecule has 0 aliphatic heterocycles. The van der Waals surface area contributed by atoms with Crippen LogP contribution in [0, 0.1) is 5.92 Å². The molecule has 0 aliphatic carbocycles. The Labute approximate surface area is 77.2 Å². The Morgan fingerprint density at radius 1 is 1.42 bits per heavy atom. The van der Waals surface area contributed by atoms with E-state index in [1.54, 1.807) is 0 Å². The average molecular weight is 173 g/mol. The van der Waals surface area contributed by atoms with Crippen molar-refractivity contribution in [2.24, 2.45) is 5.92 Å². The van der Waals surface area contributed by atoms with Crippen molar-refractivity contribution < 1.29 is 6.22 Å². The van der Waals surface area contributed by atoms with Gasteiger partial charge in [-0.05, 0) is 13.0 Å². The highest BCUT2D eigenvalue weighted by atomic mass is 16.1. The van der Waals surface area contributed by atoms with Gasteiger partial charge in [0, 0.05) is 7.34 Å². The molecule has 2 heteroatoms. The van der Waals surface area contributed by atoms with Gasteiger partial charge in [-0.25, -0.2) is 0 Å². The fourth-order valence-electron chi connectivity index (χ4n) is 1.28. The first-order valence-corrected chi connectivity index (χ1v) is 4.90. The van der Waals surface area contributed by atoms with Crippen LogP contribution in [0.1, 0.15) is 42.0 Å². The second kappa shape index (κ2) is 6.18. The van der Waals surface area contributed by atoms with Crippen LogP contribution in [0.2, 0.25) is 0 Å². The Kier molecular flexibility index (Phi) is 5.99. The zero-order valence-electron chi connectivity index (χ0n) is 8.68. The summed E-state index contributed by atoms with van der Waals surface area (Å²) < 4.78 is 0. The molecular formula is C10H23NO. The van der Waals surface area contributed by atoms with Gasteiger partial charge in [-0.1, -0.05) is 34.1 Å². The Morgan fingerprint density at radius 3 is 2.33 bits per heavy atom. The highest BCUT2D eigenvalue weighted by Crippen LogP contribution is 2.05. The fourth-order valence-corrected chi connectivity index (χ4v) is 1.28. The molecule has 0 aromatic heterocycles. The minimum atomic E-state index is 0. The molecule has 0 spiro atoms. The largest absolute Gasteiger partial charge is 0.308 e. The SMILES string of the molecule is CCCC(NCC)C(=O)C(C)C.[HH]. The third-order valence-corrected chi connectivity index (χ3v) is 1.94. The molecule has 0 heterocycles. The van der Waals surface area contributed by atoms with Crippen LogP contribution in [-0.2, 0) is 4.79 Å². The quantitative estimate of drug-likeness (QED) is 0.667. The molecule has 2 nitrogen and oxygen atoms in total. The first kappa shape index (κ1) is 11.6. The molecule has 0 saturated carbocycles. The third-order valence-electron chi connectivity index (χ3n) is 1.94. The van der Waals surface area contributed by atoms with E-state index >= 15 is 0 Å². The second-order valence-electron chi connectivity index (χ2n) is 3.46. The molecule has 0 amide bonds. The Morgan fingerprint density at radius 2 is 2.00 bits per heavy atom. The topological polar surface area (TPSA) is 29.1 Å². The maximum Gasteiger partial charge on any atom is 0.152 e. The van der Waals surface area contributed by atoms with E-state index in [1.165, 1.54) is 0 Å². The zero-order valence-corrected chi connectivity index (χ0v) is 8.68. The summed E-state index contributed by atoms with van der Waals surface area (Å²) in [7, 11) is 0. The van der Waals surface area contributed by atoms with Gasteiger partial charge in [0.25, 0.3) is 0 Å². The summed E-state index contributed by atoms with van der Waals surface area (Å²) in [5, 5.41) is 3.22. The summed E-state index contributed by atoms with van der Waals surface area (Å²) in [6, 6.07) is 0.0833. The minimum absolute atomic E-state index is 0. The van der Waals surface area contributed by atoms with Gasteiger partial charge in [0.1, 0.15) is 0 Å². The highest BCUT2D eigenvalue weighted by molar-refractivity contribution is 5.85. The molecule has 74 valence electrons. The lowest BCUT2D eigenvalue weighted by atomic mass is 9.98. The number of rotatable bonds is 6. The van der Waals surface area contributed by atoms with Crippen molar-refractivity contribution in [3.05, 3.63) is 0 Å². The smallest absolute Gasteiger partial charge is 0.152 e. The van der Waals surface area contributed by atoms with Crippen molar-refractivity contribution in [2.75, 3.05) is 6.54 Å². The van der Waals surface area contributed by atoms with Crippen molar-refractivity contribution >= 4 is 5.78 Å². The van der Waals surface area contributed by atoms with Gasteiger partial charge in [-0.3, -0.25) is 4.79 Å². The Hall–Kier alpha value is -0.370. The molecule has 0 aromatic rings. The standard InChI is InChI=1S/C10H21NO.H2/c1-5-7-9(11-6-2)10(12)8(3)4;/h8-9,11H,5-7H2,1-4H3;1H. The molecule has 0 radical (unpaired) electrons. The molecule has 0 fully saturated rings. The second-order valence-corrected chi connectivity index (χ2v) is 3.46. The molecule has 1 atom stereocenters. The molecule has 0 bridgehead atoms. The molecular weight excluding hydrogens is 150 g/mol. The van der Waals surface area contributed by atoms with Gasteiger partial charge in [0.15, 0.2) is 5.78 Å². The van der Waals surface area contributed by atoms with E-state index in [9.17, 15) is 4.79 Å². The molecule has 1 N–H and O–H groups in total. The van der Waals surface area contributed by atoms with Crippen LogP contribution in [-0.4, -0.2) is 18.4 Å². The van der Waals surface area contributed by atoms with Gasteiger partial charge in [-0.15, -0.1) is 0 Å². The van der Waals surface area contributed by atoms with Crippen LogP contribution in [0.4, 0.5) is 0 Å². The molecule has 1 unspecified atom stereocenters. The monoisotopic (exact) mass is 173 g/mol. The van der Waals surface area contributed by atoms with E-state index in [0.29, 0.717) is 5.78 Å². The predicted octanol–water partition coefficient (Wildman–Crippen LogP) is 2.24. The maximum atomic E-state index is 11.6. The Bertz CT molecular complexity index is 131. The van der Waals surface area contributed by atoms with Gasteiger partial charge >= 0.3 is 0 Å². The minimum Gasteiger partial charge on any atom is -0.308 e. The van der Waals surface area contributed by atoms with Gasteiger partial charge in [0.05, 0.1) is 6.04 Å². The van der Waals surface area contributed by atoms with Gasteiger partial charge < -0.3 is 5.32 Å². The molecule has 0 aliphatic rings. The van der Waals surface area contributed by atoms with Crippen LogP contribution in [0.3, 0.4) is 0 Å². The number of hydrogen-bond acceptors (Lipinski definition) is 2. The van der Waals surface area contributed by atoms with Crippen LogP contribution in [0.25, 0.3) is 0 Å². The lowest BCUT2D eigenvalue weighted by Crippen LogP contribution is -2.38. The number of likely N-dealkylation sites (N-methyl/N-ethyl adjacent to an activating group) is 1. The molecule has 0 aromatic carbocycles. The third kappa shape index (κ3) is 3.86. The summed E-state index contributed by atoms with van der Waals surface area (Å²) in [5.41, 5.74) is 0. The van der Waals surface area contributed by atoms with Crippen molar-refractivity contribution in [1.82, 2.24) is 5.32 Å². The zero-order chi connectivity index (χ0) is 9.56. The highest BCUT2D eigenvalue weighted by Gasteiger charge is 2.18. The van der Waals surface area contributed by atoms with Crippen LogP contribution < -0.4 is 5.32 Å². The van der Waals surface area contributed by atoms with Gasteiger partial charge in [-0.2, -0.15) is 0 Å². The van der Waals surface area contributed by atoms with E-state index in [-0.39, 0.29) is 13.4 Å². The number of Topliss-reactive ketones (excluding diaryl/α,β-unsaturated/α-hetero) is 1. The van der Waals surface area contributed by atoms with Crippen molar-refractivity contribution in [3.63, 3.8) is 0 Å². The van der Waals surface area contributed by atoms with E-state index in [4.69, 9.17) is 0 Å². The number of ketones is 1. The first-order valence-electron chi connectivity index (χ1n) is 4.90. The first-order chi connectivity index (χ1) is 5.63. The molecule has 0 saturated heterocycles. The van der Waals surface area contributed by atoms with Crippen LogP contribution >= 0.6 is 0 Å². The number of carbonyl (C=O) groups is 1. The molecule has 0 rings (SSSR count). The lowest BCUT2D eigenvalue weighted by Gasteiger charge is -2.17. The maximum absolute atomic E-state index is 11.6. The Balaban J connectivity index is 0. The predicted molar refractivity (Wildman–Crippen MR) is 54.3 cm³/mol. The van der Waals surface area contributed by atoms with E-state index in [0.717, 1.165) is 19.4 Å².